The molecule has 1 nitrogen and oxygen atoms in total. The normalized spacial score (nSPS) is 12.0. The van der Waals surface area contributed by atoms with E-state index in [9.17, 15) is 0 Å². The summed E-state index contributed by atoms with van der Waals surface area (Å²) in [4.78, 5) is 0. The van der Waals surface area contributed by atoms with Crippen molar-refractivity contribution in [1.82, 2.24) is 0 Å². The van der Waals surface area contributed by atoms with Crippen LogP contribution in [0.5, 0.6) is 0 Å². The highest BCUT2D eigenvalue weighted by atomic mass is 16.3. The summed E-state index contributed by atoms with van der Waals surface area (Å²) in [6.45, 7) is 0. The molecule has 0 saturated heterocycles. The highest BCUT2D eigenvalue weighted by Gasteiger charge is 2.20. The molecule has 1 unspecified atom stereocenters. The van der Waals surface area contributed by atoms with Gasteiger partial charge in [0.25, 0.3) is 0 Å². The van der Waals surface area contributed by atoms with Gasteiger partial charge in [0, 0.05) is 16.7 Å². The van der Waals surface area contributed by atoms with Crippen LogP contribution in [-0.2, 0) is 0 Å². The molecule has 1 heteroatoms. The van der Waals surface area contributed by atoms with E-state index in [1.165, 1.54) is 72.0 Å². The van der Waals surface area contributed by atoms with Crippen LogP contribution in [0, 0.1) is 0 Å². The van der Waals surface area contributed by atoms with Crippen molar-refractivity contribution < 1.29 is 4.42 Å². The van der Waals surface area contributed by atoms with Crippen LogP contribution < -0.4 is 0 Å². The molecule has 0 radical (unpaired) electrons. The summed E-state index contributed by atoms with van der Waals surface area (Å²) >= 11 is 0. The van der Waals surface area contributed by atoms with E-state index >= 15 is 0 Å². The topological polar surface area (TPSA) is 13.1 Å². The standard InChI is InChI=1S/C53H36O/c1-2-10-36(11-3-1)44-14-8-15-45(34-44)39-26-30-43(31-27-39)53(49-18-9-13-41-12-4-5-16-47(41)49)42-28-24-38(25-29-42)37-20-22-40(23-21-37)46-32-33-52-50(35-46)48-17-6-7-19-51(48)54-52/h1-35,53H. The van der Waals surface area contributed by atoms with Crippen LogP contribution in [0.15, 0.2) is 217 Å². The van der Waals surface area contributed by atoms with Gasteiger partial charge in [-0.15, -0.1) is 0 Å². The van der Waals surface area contributed by atoms with E-state index in [0.717, 1.165) is 21.9 Å². The number of hydrogen-bond donors (Lipinski definition) is 0. The number of furan rings is 1. The SMILES string of the molecule is c1ccc(-c2cccc(-c3ccc(C(c4ccc(-c5ccc(-c6ccc7oc8ccccc8c7c6)cc5)cc4)c4cccc5ccccc45)cc3)c2)cc1. The summed E-state index contributed by atoms with van der Waals surface area (Å²) in [6.07, 6.45) is 0. The van der Waals surface area contributed by atoms with Crippen LogP contribution in [0.2, 0.25) is 0 Å². The van der Waals surface area contributed by atoms with Crippen LogP contribution in [0.3, 0.4) is 0 Å². The van der Waals surface area contributed by atoms with Crippen LogP contribution in [0.4, 0.5) is 0 Å². The van der Waals surface area contributed by atoms with Crippen molar-refractivity contribution in [3.63, 3.8) is 0 Å². The Morgan fingerprint density at radius 1 is 0.278 bits per heavy atom. The van der Waals surface area contributed by atoms with Gasteiger partial charge in [0.2, 0.25) is 0 Å². The fourth-order valence-electron chi connectivity index (χ4n) is 8.06. The predicted molar refractivity (Wildman–Crippen MR) is 227 cm³/mol. The van der Waals surface area contributed by atoms with E-state index in [2.05, 4.69) is 200 Å². The van der Waals surface area contributed by atoms with E-state index in [-0.39, 0.29) is 5.92 Å². The van der Waals surface area contributed by atoms with Gasteiger partial charge in [-0.1, -0.05) is 188 Å². The van der Waals surface area contributed by atoms with Gasteiger partial charge in [-0.25, -0.2) is 0 Å². The average Bonchev–Trinajstić information content (AvgIpc) is 3.63. The molecular weight excluding hydrogens is 653 g/mol. The summed E-state index contributed by atoms with van der Waals surface area (Å²) in [5, 5.41) is 4.84. The summed E-state index contributed by atoms with van der Waals surface area (Å²) in [5.41, 5.74) is 15.4. The lowest BCUT2D eigenvalue weighted by Gasteiger charge is -2.22. The van der Waals surface area contributed by atoms with E-state index in [1.54, 1.807) is 0 Å². The Morgan fingerprint density at radius 3 is 1.41 bits per heavy atom. The van der Waals surface area contributed by atoms with Crippen molar-refractivity contribution >= 4 is 32.7 Å². The molecule has 0 aliphatic heterocycles. The highest BCUT2D eigenvalue weighted by molar-refractivity contribution is 6.06. The number of fused-ring (bicyclic) bond motifs is 4. The first-order chi connectivity index (χ1) is 26.7. The Bertz CT molecular complexity index is 2890. The number of hydrogen-bond acceptors (Lipinski definition) is 1. The minimum absolute atomic E-state index is 0.0751. The third kappa shape index (κ3) is 5.87. The molecule has 0 fully saturated rings. The zero-order valence-electron chi connectivity index (χ0n) is 29.7. The molecule has 54 heavy (non-hydrogen) atoms. The monoisotopic (exact) mass is 688 g/mol. The van der Waals surface area contributed by atoms with E-state index in [4.69, 9.17) is 4.42 Å². The Kier molecular flexibility index (Phi) is 7.96. The largest absolute Gasteiger partial charge is 0.456 e. The molecular formula is C53H36O. The maximum absolute atomic E-state index is 6.07. The highest BCUT2D eigenvalue weighted by Crippen LogP contribution is 2.39. The molecule has 0 bridgehead atoms. The van der Waals surface area contributed by atoms with E-state index in [1.807, 2.05) is 12.1 Å². The zero-order valence-corrected chi connectivity index (χ0v) is 29.7. The molecule has 0 spiro atoms. The molecule has 1 atom stereocenters. The molecule has 1 aromatic heterocycles. The van der Waals surface area contributed by atoms with Gasteiger partial charge in [-0.2, -0.15) is 0 Å². The number of benzene rings is 9. The lowest BCUT2D eigenvalue weighted by Crippen LogP contribution is -2.04. The van der Waals surface area contributed by atoms with Crippen LogP contribution in [0.1, 0.15) is 22.6 Å². The first-order valence-electron chi connectivity index (χ1n) is 18.6. The van der Waals surface area contributed by atoms with Crippen molar-refractivity contribution in [3.8, 4) is 44.5 Å². The van der Waals surface area contributed by atoms with Crippen molar-refractivity contribution in [2.75, 3.05) is 0 Å². The first-order valence-corrected chi connectivity index (χ1v) is 18.6. The summed E-state index contributed by atoms with van der Waals surface area (Å²) < 4.78 is 6.07. The number of para-hydroxylation sites is 1. The molecule has 0 saturated carbocycles. The van der Waals surface area contributed by atoms with Crippen LogP contribution >= 0.6 is 0 Å². The fourth-order valence-corrected chi connectivity index (χ4v) is 8.06. The first kappa shape index (κ1) is 31.7. The molecule has 10 aromatic rings. The fraction of sp³-hybridized carbons (Fsp3) is 0.0189. The molecule has 10 rings (SSSR count). The minimum atomic E-state index is 0.0751. The second-order valence-corrected chi connectivity index (χ2v) is 14.1. The molecule has 0 amide bonds. The Morgan fingerprint density at radius 2 is 0.722 bits per heavy atom. The predicted octanol–water partition coefficient (Wildman–Crippen LogP) is 14.6. The summed E-state index contributed by atoms with van der Waals surface area (Å²) in [7, 11) is 0. The molecule has 9 aromatic carbocycles. The average molecular weight is 689 g/mol. The third-order valence-electron chi connectivity index (χ3n) is 10.9. The summed E-state index contributed by atoms with van der Waals surface area (Å²) in [6, 6.07) is 76.8. The van der Waals surface area contributed by atoms with Gasteiger partial charge >= 0.3 is 0 Å². The van der Waals surface area contributed by atoms with E-state index in [0.29, 0.717) is 0 Å². The zero-order chi connectivity index (χ0) is 35.8. The van der Waals surface area contributed by atoms with Gasteiger partial charge < -0.3 is 4.42 Å². The van der Waals surface area contributed by atoms with Crippen LogP contribution in [0.25, 0.3) is 77.2 Å². The Balaban J connectivity index is 0.977. The minimum Gasteiger partial charge on any atom is -0.456 e. The summed E-state index contributed by atoms with van der Waals surface area (Å²) in [5.74, 6) is 0.0751. The van der Waals surface area contributed by atoms with Crippen molar-refractivity contribution in [2.24, 2.45) is 0 Å². The van der Waals surface area contributed by atoms with Gasteiger partial charge in [0.15, 0.2) is 0 Å². The molecule has 1 heterocycles. The van der Waals surface area contributed by atoms with Gasteiger partial charge in [0.05, 0.1) is 0 Å². The van der Waals surface area contributed by atoms with Crippen molar-refractivity contribution in [1.29, 1.82) is 0 Å². The molecule has 0 N–H and O–H groups in total. The maximum atomic E-state index is 6.07. The Hall–Kier alpha value is -6.96. The molecule has 0 aliphatic carbocycles. The second kappa shape index (κ2) is 13.5. The van der Waals surface area contributed by atoms with Gasteiger partial charge in [-0.3, -0.25) is 0 Å². The van der Waals surface area contributed by atoms with E-state index < -0.39 is 0 Å². The third-order valence-corrected chi connectivity index (χ3v) is 10.9. The van der Waals surface area contributed by atoms with Crippen molar-refractivity contribution in [2.45, 2.75) is 5.92 Å². The quantitative estimate of drug-likeness (QED) is 0.152. The lowest BCUT2D eigenvalue weighted by molar-refractivity contribution is 0.669. The van der Waals surface area contributed by atoms with Crippen LogP contribution in [-0.4, -0.2) is 0 Å². The van der Waals surface area contributed by atoms with Crippen molar-refractivity contribution in [3.05, 3.63) is 229 Å². The molecule has 0 aliphatic rings. The smallest absolute Gasteiger partial charge is 0.135 e. The van der Waals surface area contributed by atoms with Gasteiger partial charge in [0.1, 0.15) is 11.2 Å². The maximum Gasteiger partial charge on any atom is 0.135 e. The lowest BCUT2D eigenvalue weighted by atomic mass is 9.82. The number of rotatable bonds is 7. The second-order valence-electron chi connectivity index (χ2n) is 14.1. The molecule has 254 valence electrons. The Labute approximate surface area is 315 Å². The van der Waals surface area contributed by atoms with Gasteiger partial charge in [-0.05, 0) is 96.2 Å².